The Bertz CT molecular complexity index is 1600. The van der Waals surface area contributed by atoms with E-state index >= 15 is 0 Å². The first-order chi connectivity index (χ1) is 19.0. The van der Waals surface area contributed by atoms with Gasteiger partial charge in [-0.15, -0.1) is 11.3 Å². The fraction of sp³-hybridized carbons (Fsp3) is 0.172. The van der Waals surface area contributed by atoms with Crippen molar-refractivity contribution in [3.05, 3.63) is 101 Å². The van der Waals surface area contributed by atoms with E-state index in [0.29, 0.717) is 36.5 Å². The van der Waals surface area contributed by atoms with Crippen molar-refractivity contribution in [1.29, 1.82) is 0 Å². The van der Waals surface area contributed by atoms with E-state index in [1.54, 1.807) is 11.7 Å². The van der Waals surface area contributed by atoms with Crippen molar-refractivity contribution in [2.75, 3.05) is 12.3 Å². The number of aromatic amines is 1. The Hall–Kier alpha value is -4.57. The smallest absolute Gasteiger partial charge is 0.263 e. The summed E-state index contributed by atoms with van der Waals surface area (Å²) in [5, 5.41) is 8.13. The molecule has 1 atom stereocenters. The molecule has 0 bridgehead atoms. The van der Waals surface area contributed by atoms with Crippen LogP contribution in [0.4, 0.5) is 10.1 Å². The SMILES string of the molecule is Nc1c(F)cccc1C(=O)NCCCC[C@H](NC(=O)c1cncs1)c1ncc(-c2ccc3ccccc3c2)[nH]1. The number of nitrogen functional groups attached to an aromatic ring is 1. The Labute approximate surface area is 228 Å². The molecule has 0 radical (unpaired) electrons. The maximum atomic E-state index is 13.7. The number of hydrogen-bond acceptors (Lipinski definition) is 6. The minimum absolute atomic E-state index is 0.113. The molecule has 10 heteroatoms. The number of halogens is 1. The zero-order valence-corrected chi connectivity index (χ0v) is 21.8. The number of nitrogens with zero attached hydrogens (tertiary/aromatic N) is 2. The summed E-state index contributed by atoms with van der Waals surface area (Å²) in [4.78, 5) is 37.7. The molecule has 0 aliphatic heterocycles. The topological polar surface area (TPSA) is 126 Å². The molecule has 5 rings (SSSR count). The lowest BCUT2D eigenvalue weighted by molar-refractivity contribution is 0.0935. The Balaban J connectivity index is 1.25. The Morgan fingerprint density at radius 3 is 2.67 bits per heavy atom. The number of fused-ring (bicyclic) bond motifs is 1. The van der Waals surface area contributed by atoms with Crippen molar-refractivity contribution in [2.24, 2.45) is 0 Å². The molecule has 0 aliphatic carbocycles. The summed E-state index contributed by atoms with van der Waals surface area (Å²) in [5.41, 5.74) is 9.10. The van der Waals surface area contributed by atoms with Crippen LogP contribution in [-0.2, 0) is 0 Å². The molecule has 39 heavy (non-hydrogen) atoms. The van der Waals surface area contributed by atoms with Gasteiger partial charge in [-0.3, -0.25) is 14.6 Å². The van der Waals surface area contributed by atoms with Crippen molar-refractivity contribution < 1.29 is 14.0 Å². The van der Waals surface area contributed by atoms with Gasteiger partial charge in [0.25, 0.3) is 11.8 Å². The summed E-state index contributed by atoms with van der Waals surface area (Å²) < 4.78 is 13.7. The highest BCUT2D eigenvalue weighted by Gasteiger charge is 2.20. The minimum atomic E-state index is -0.622. The molecule has 0 saturated carbocycles. The number of carbonyl (C=O) groups excluding carboxylic acids is 2. The lowest BCUT2D eigenvalue weighted by Crippen LogP contribution is -2.29. The summed E-state index contributed by atoms with van der Waals surface area (Å²) in [6, 6.07) is 18.1. The number of amides is 2. The summed E-state index contributed by atoms with van der Waals surface area (Å²) in [6.45, 7) is 0.380. The standard InChI is InChI=1S/C29H27FN6O2S/c30-22-9-5-8-21(26(22)31)28(37)33-13-4-3-10-23(36-29(38)25-16-32-17-39-25)27-34-15-24(35-27)20-12-11-18-6-1-2-7-19(18)14-20/h1-2,5-9,11-12,14-17,23H,3-4,10,13,31H2,(H,33,37)(H,34,35)(H,36,38)/t23-/m0/s1. The third-order valence-corrected chi connectivity index (χ3v) is 7.22. The number of thiazole rings is 1. The minimum Gasteiger partial charge on any atom is -0.396 e. The molecule has 5 aromatic rings. The van der Waals surface area contributed by atoms with Gasteiger partial charge in [-0.05, 0) is 48.2 Å². The van der Waals surface area contributed by atoms with Crippen LogP contribution in [0.1, 0.15) is 51.2 Å². The van der Waals surface area contributed by atoms with Crippen LogP contribution in [0.5, 0.6) is 0 Å². The molecule has 0 spiro atoms. The van der Waals surface area contributed by atoms with Crippen LogP contribution >= 0.6 is 11.3 Å². The second kappa shape index (κ2) is 11.9. The van der Waals surface area contributed by atoms with Crippen molar-refractivity contribution >= 4 is 39.6 Å². The molecule has 0 saturated heterocycles. The van der Waals surface area contributed by atoms with E-state index in [0.717, 1.165) is 22.0 Å². The van der Waals surface area contributed by atoms with E-state index in [9.17, 15) is 14.0 Å². The number of hydrogen-bond donors (Lipinski definition) is 4. The molecular weight excluding hydrogens is 515 g/mol. The van der Waals surface area contributed by atoms with Crippen LogP contribution in [0.3, 0.4) is 0 Å². The lowest BCUT2D eigenvalue weighted by Gasteiger charge is -2.16. The van der Waals surface area contributed by atoms with Gasteiger partial charge in [-0.25, -0.2) is 9.37 Å². The monoisotopic (exact) mass is 542 g/mol. The number of carbonyl (C=O) groups is 2. The highest BCUT2D eigenvalue weighted by atomic mass is 32.1. The number of nitrogens with two attached hydrogens (primary N) is 1. The van der Waals surface area contributed by atoms with Crippen LogP contribution < -0.4 is 16.4 Å². The zero-order valence-electron chi connectivity index (χ0n) is 21.0. The molecular formula is C29H27FN6O2S. The van der Waals surface area contributed by atoms with Gasteiger partial charge in [0.05, 0.1) is 40.9 Å². The first-order valence-corrected chi connectivity index (χ1v) is 13.4. The van der Waals surface area contributed by atoms with Crippen LogP contribution in [0, 0.1) is 5.82 Å². The Kier molecular flexibility index (Phi) is 7.93. The number of para-hydroxylation sites is 1. The zero-order chi connectivity index (χ0) is 27.2. The van der Waals surface area contributed by atoms with E-state index < -0.39 is 11.7 Å². The van der Waals surface area contributed by atoms with Gasteiger partial charge in [0.1, 0.15) is 16.5 Å². The molecule has 5 N–H and O–H groups in total. The fourth-order valence-electron chi connectivity index (χ4n) is 4.36. The quantitative estimate of drug-likeness (QED) is 0.137. The predicted molar refractivity (Wildman–Crippen MR) is 151 cm³/mol. The molecule has 2 aromatic heterocycles. The number of benzene rings is 3. The van der Waals surface area contributed by atoms with Gasteiger partial charge in [-0.1, -0.05) is 42.5 Å². The normalized spacial score (nSPS) is 11.8. The van der Waals surface area contributed by atoms with Gasteiger partial charge >= 0.3 is 0 Å². The average Bonchev–Trinajstić information content (AvgIpc) is 3.66. The first kappa shape index (κ1) is 26.1. The van der Waals surface area contributed by atoms with Crippen molar-refractivity contribution in [3.8, 4) is 11.3 Å². The number of aromatic nitrogens is 3. The average molecular weight is 543 g/mol. The fourth-order valence-corrected chi connectivity index (χ4v) is 4.88. The Morgan fingerprint density at radius 1 is 1.00 bits per heavy atom. The van der Waals surface area contributed by atoms with E-state index in [4.69, 9.17) is 5.73 Å². The maximum Gasteiger partial charge on any atom is 0.263 e. The number of anilines is 1. The first-order valence-electron chi connectivity index (χ1n) is 12.5. The van der Waals surface area contributed by atoms with E-state index in [1.165, 1.54) is 35.7 Å². The molecule has 8 nitrogen and oxygen atoms in total. The van der Waals surface area contributed by atoms with Crippen LogP contribution in [0.15, 0.2) is 78.6 Å². The number of imidazole rings is 1. The molecule has 198 valence electrons. The summed E-state index contributed by atoms with van der Waals surface area (Å²) >= 11 is 1.27. The maximum absolute atomic E-state index is 13.7. The number of nitrogens with one attached hydrogen (secondary N) is 3. The highest BCUT2D eigenvalue weighted by molar-refractivity contribution is 7.11. The van der Waals surface area contributed by atoms with Crippen molar-refractivity contribution in [1.82, 2.24) is 25.6 Å². The largest absolute Gasteiger partial charge is 0.396 e. The second-order valence-electron chi connectivity index (χ2n) is 9.09. The van der Waals surface area contributed by atoms with Gasteiger partial charge in [0.2, 0.25) is 0 Å². The second-order valence-corrected chi connectivity index (χ2v) is 9.97. The van der Waals surface area contributed by atoms with Crippen molar-refractivity contribution in [3.63, 3.8) is 0 Å². The Morgan fingerprint density at radius 2 is 1.85 bits per heavy atom. The summed E-state index contributed by atoms with van der Waals surface area (Å²) in [5.74, 6) is -0.620. The number of H-pyrrole nitrogens is 1. The predicted octanol–water partition coefficient (Wildman–Crippen LogP) is 5.48. The van der Waals surface area contributed by atoms with Crippen LogP contribution in [-0.4, -0.2) is 33.3 Å². The van der Waals surface area contributed by atoms with Crippen LogP contribution in [0.2, 0.25) is 0 Å². The summed E-state index contributed by atoms with van der Waals surface area (Å²) in [6.07, 6.45) is 5.24. The molecule has 2 heterocycles. The molecule has 3 aromatic carbocycles. The molecule has 0 aliphatic rings. The van der Waals surface area contributed by atoms with Gasteiger partial charge in [0, 0.05) is 12.1 Å². The van der Waals surface area contributed by atoms with E-state index in [2.05, 4.69) is 49.9 Å². The lowest BCUT2D eigenvalue weighted by atomic mass is 10.1. The number of unbranched alkanes of at least 4 members (excludes halogenated alkanes) is 1. The molecule has 2 amide bonds. The van der Waals surface area contributed by atoms with Crippen LogP contribution in [0.25, 0.3) is 22.0 Å². The van der Waals surface area contributed by atoms with E-state index in [-0.39, 0.29) is 23.2 Å². The number of rotatable bonds is 10. The molecule has 0 fully saturated rings. The highest BCUT2D eigenvalue weighted by Crippen LogP contribution is 2.26. The summed E-state index contributed by atoms with van der Waals surface area (Å²) in [7, 11) is 0. The van der Waals surface area contributed by atoms with Gasteiger partial charge in [0.15, 0.2) is 0 Å². The third-order valence-electron chi connectivity index (χ3n) is 6.45. The van der Waals surface area contributed by atoms with Gasteiger partial charge < -0.3 is 21.4 Å². The molecule has 0 unspecified atom stereocenters. The third kappa shape index (κ3) is 6.12. The van der Waals surface area contributed by atoms with Crippen molar-refractivity contribution in [2.45, 2.75) is 25.3 Å². The van der Waals surface area contributed by atoms with E-state index in [1.807, 2.05) is 18.2 Å². The van der Waals surface area contributed by atoms with Gasteiger partial charge in [-0.2, -0.15) is 0 Å².